The molecule has 0 saturated carbocycles. The molecule has 1 heterocycles. The largest absolute Gasteiger partial charge is 0.324 e. The maximum absolute atomic E-state index is 13.6. The fraction of sp³-hybridized carbons (Fsp3) is 0.417. The Bertz CT molecular complexity index is 681. The van der Waals surface area contributed by atoms with E-state index in [1.807, 2.05) is 0 Å². The summed E-state index contributed by atoms with van der Waals surface area (Å²) in [6, 6.07) is 0.623. The standard InChI is InChI=1S/C12H13BrF2N2O3S/c1-17(7-2-3-21(19,20)6-7)12(18)16-11-5-9(14)8(13)4-10(11)15/h4-5,7H,2-3,6H2,1H3,(H,16,18). The molecule has 0 radical (unpaired) electrons. The zero-order valence-corrected chi connectivity index (χ0v) is 13.5. The monoisotopic (exact) mass is 382 g/mol. The van der Waals surface area contributed by atoms with Crippen LogP contribution in [0.3, 0.4) is 0 Å². The highest BCUT2D eigenvalue weighted by molar-refractivity contribution is 9.10. The first-order valence-electron chi connectivity index (χ1n) is 6.08. The van der Waals surface area contributed by atoms with Gasteiger partial charge in [0.05, 0.1) is 21.7 Å². The van der Waals surface area contributed by atoms with Crippen molar-refractivity contribution in [2.24, 2.45) is 0 Å². The van der Waals surface area contributed by atoms with Crippen molar-refractivity contribution in [3.8, 4) is 0 Å². The van der Waals surface area contributed by atoms with E-state index in [2.05, 4.69) is 21.2 Å². The summed E-state index contributed by atoms with van der Waals surface area (Å²) in [6.07, 6.45) is 0.337. The van der Waals surface area contributed by atoms with E-state index >= 15 is 0 Å². The van der Waals surface area contributed by atoms with Crippen LogP contribution in [0.4, 0.5) is 19.3 Å². The fourth-order valence-corrected chi connectivity index (χ4v) is 4.16. The van der Waals surface area contributed by atoms with Crippen molar-refractivity contribution in [2.45, 2.75) is 12.5 Å². The third kappa shape index (κ3) is 3.70. The van der Waals surface area contributed by atoms with Gasteiger partial charge in [0.15, 0.2) is 9.84 Å². The summed E-state index contributed by atoms with van der Waals surface area (Å²) in [4.78, 5) is 13.2. The number of carbonyl (C=O) groups is 1. The van der Waals surface area contributed by atoms with Crippen LogP contribution in [-0.4, -0.2) is 43.9 Å². The number of nitrogens with one attached hydrogen (secondary N) is 1. The summed E-state index contributed by atoms with van der Waals surface area (Å²) >= 11 is 2.84. The van der Waals surface area contributed by atoms with Gasteiger partial charge in [0.25, 0.3) is 0 Å². The van der Waals surface area contributed by atoms with Gasteiger partial charge in [0.1, 0.15) is 11.6 Å². The Hall–Kier alpha value is -1.22. The van der Waals surface area contributed by atoms with Gasteiger partial charge in [-0.3, -0.25) is 0 Å². The van der Waals surface area contributed by atoms with E-state index in [4.69, 9.17) is 0 Å². The Labute approximate surface area is 129 Å². The van der Waals surface area contributed by atoms with Crippen molar-refractivity contribution in [1.82, 2.24) is 4.90 Å². The summed E-state index contributed by atoms with van der Waals surface area (Å²) in [5.74, 6) is -1.59. The first kappa shape index (κ1) is 16.2. The Balaban J connectivity index is 2.10. The Kier molecular flexibility index (Phi) is 4.52. The molecule has 1 saturated heterocycles. The number of carbonyl (C=O) groups excluding carboxylic acids is 1. The number of urea groups is 1. The van der Waals surface area contributed by atoms with Gasteiger partial charge in [-0.05, 0) is 28.4 Å². The SMILES string of the molecule is CN(C(=O)Nc1cc(F)c(Br)cc1F)C1CCS(=O)(=O)C1. The van der Waals surface area contributed by atoms with Crippen LogP contribution in [0.1, 0.15) is 6.42 Å². The predicted octanol–water partition coefficient (Wildman–Crippen LogP) is 2.38. The molecular formula is C12H13BrF2N2O3S. The number of sulfone groups is 1. The summed E-state index contributed by atoms with van der Waals surface area (Å²) in [7, 11) is -1.70. The third-order valence-corrected chi connectivity index (χ3v) is 5.69. The third-order valence-electron chi connectivity index (χ3n) is 3.33. The van der Waals surface area contributed by atoms with Crippen LogP contribution in [-0.2, 0) is 9.84 Å². The highest BCUT2D eigenvalue weighted by Gasteiger charge is 2.33. The van der Waals surface area contributed by atoms with Crippen molar-refractivity contribution in [3.63, 3.8) is 0 Å². The molecule has 0 aromatic heterocycles. The molecule has 1 aliphatic rings. The molecule has 2 amide bonds. The normalized spacial score (nSPS) is 20.3. The molecule has 1 aromatic rings. The highest BCUT2D eigenvalue weighted by atomic mass is 79.9. The van der Waals surface area contributed by atoms with E-state index in [1.54, 1.807) is 0 Å². The second kappa shape index (κ2) is 5.88. The molecule has 1 fully saturated rings. The van der Waals surface area contributed by atoms with Crippen LogP contribution in [0.15, 0.2) is 16.6 Å². The molecule has 0 bridgehead atoms. The minimum Gasteiger partial charge on any atom is -0.324 e. The summed E-state index contributed by atoms with van der Waals surface area (Å²) < 4.78 is 49.7. The molecule has 1 unspecified atom stereocenters. The number of rotatable bonds is 2. The molecule has 116 valence electrons. The highest BCUT2D eigenvalue weighted by Crippen LogP contribution is 2.24. The molecule has 1 aliphatic heterocycles. The topological polar surface area (TPSA) is 66.5 Å². The van der Waals surface area contributed by atoms with Gasteiger partial charge in [0, 0.05) is 19.2 Å². The number of anilines is 1. The molecular weight excluding hydrogens is 370 g/mol. The maximum Gasteiger partial charge on any atom is 0.321 e. The van der Waals surface area contributed by atoms with E-state index < -0.39 is 33.5 Å². The smallest absolute Gasteiger partial charge is 0.321 e. The van der Waals surface area contributed by atoms with Crippen molar-refractivity contribution >= 4 is 37.5 Å². The van der Waals surface area contributed by atoms with Crippen LogP contribution in [0, 0.1) is 11.6 Å². The quantitative estimate of drug-likeness (QED) is 0.798. The van der Waals surface area contributed by atoms with E-state index in [9.17, 15) is 22.0 Å². The van der Waals surface area contributed by atoms with Crippen LogP contribution >= 0.6 is 15.9 Å². The van der Waals surface area contributed by atoms with Crippen molar-refractivity contribution in [3.05, 3.63) is 28.2 Å². The lowest BCUT2D eigenvalue weighted by molar-refractivity contribution is 0.209. The minimum absolute atomic E-state index is 0.0244. The summed E-state index contributed by atoms with van der Waals surface area (Å²) in [6.45, 7) is 0. The fourth-order valence-electron chi connectivity index (χ4n) is 2.07. The van der Waals surface area contributed by atoms with Crippen LogP contribution in [0.25, 0.3) is 0 Å². The van der Waals surface area contributed by atoms with Crippen molar-refractivity contribution in [2.75, 3.05) is 23.9 Å². The van der Waals surface area contributed by atoms with Gasteiger partial charge in [-0.15, -0.1) is 0 Å². The molecule has 1 aromatic carbocycles. The number of hydrogen-bond donors (Lipinski definition) is 1. The van der Waals surface area contributed by atoms with Gasteiger partial charge >= 0.3 is 6.03 Å². The van der Waals surface area contributed by atoms with Crippen molar-refractivity contribution in [1.29, 1.82) is 0 Å². The van der Waals surface area contributed by atoms with Crippen molar-refractivity contribution < 1.29 is 22.0 Å². The first-order valence-corrected chi connectivity index (χ1v) is 8.70. The number of benzene rings is 1. The summed E-state index contributed by atoms with van der Waals surface area (Å²) in [5.41, 5.74) is -0.298. The Morgan fingerprint density at radius 1 is 1.38 bits per heavy atom. The van der Waals surface area contributed by atoms with E-state index in [-0.39, 0.29) is 21.7 Å². The zero-order chi connectivity index (χ0) is 15.8. The molecule has 0 aliphatic carbocycles. The number of halogens is 3. The second-order valence-corrected chi connectivity index (χ2v) is 7.93. The molecule has 0 spiro atoms. The molecule has 2 rings (SSSR count). The average molecular weight is 383 g/mol. The van der Waals surface area contributed by atoms with Gasteiger partial charge in [0.2, 0.25) is 0 Å². The van der Waals surface area contributed by atoms with Crippen LogP contribution in [0.5, 0.6) is 0 Å². The second-order valence-electron chi connectivity index (χ2n) is 4.84. The molecule has 1 atom stereocenters. The summed E-state index contributed by atoms with van der Waals surface area (Å²) in [5, 5.41) is 2.24. The van der Waals surface area contributed by atoms with Gasteiger partial charge in [-0.1, -0.05) is 0 Å². The average Bonchev–Trinajstić information content (AvgIpc) is 2.75. The number of hydrogen-bond acceptors (Lipinski definition) is 3. The predicted molar refractivity (Wildman–Crippen MR) is 77.9 cm³/mol. The van der Waals surface area contributed by atoms with E-state index in [0.717, 1.165) is 12.1 Å². The lowest BCUT2D eigenvalue weighted by atomic mass is 10.2. The van der Waals surface area contributed by atoms with Gasteiger partial charge < -0.3 is 10.2 Å². The lowest BCUT2D eigenvalue weighted by Gasteiger charge is -2.23. The lowest BCUT2D eigenvalue weighted by Crippen LogP contribution is -2.40. The van der Waals surface area contributed by atoms with Crippen LogP contribution in [0.2, 0.25) is 0 Å². The van der Waals surface area contributed by atoms with Gasteiger partial charge in [-0.2, -0.15) is 0 Å². The molecule has 5 nitrogen and oxygen atoms in total. The molecule has 21 heavy (non-hydrogen) atoms. The molecule has 1 N–H and O–H groups in total. The number of nitrogens with zero attached hydrogens (tertiary/aromatic N) is 1. The Morgan fingerprint density at radius 3 is 2.62 bits per heavy atom. The zero-order valence-electron chi connectivity index (χ0n) is 11.1. The van der Waals surface area contributed by atoms with E-state index in [1.165, 1.54) is 11.9 Å². The maximum atomic E-state index is 13.6. The minimum atomic E-state index is -3.13. The number of amides is 2. The van der Waals surface area contributed by atoms with Gasteiger partial charge in [-0.25, -0.2) is 22.0 Å². The molecule has 9 heteroatoms. The first-order chi connectivity index (χ1) is 9.69. The Morgan fingerprint density at radius 2 is 2.05 bits per heavy atom. The van der Waals surface area contributed by atoms with Crippen LogP contribution < -0.4 is 5.32 Å². The van der Waals surface area contributed by atoms with E-state index in [0.29, 0.717) is 6.42 Å².